The molecule has 6 nitrogen and oxygen atoms in total. The van der Waals surface area contributed by atoms with E-state index >= 15 is 0 Å². The van der Waals surface area contributed by atoms with Crippen LogP contribution in [0.4, 0.5) is 0 Å². The Kier molecular flexibility index (Phi) is 6.41. The molecule has 0 radical (unpaired) electrons. The van der Waals surface area contributed by atoms with Crippen molar-refractivity contribution in [2.75, 3.05) is 6.61 Å². The Morgan fingerprint density at radius 1 is 0.944 bits per heavy atom. The highest BCUT2D eigenvalue weighted by molar-refractivity contribution is 5.72. The maximum atomic E-state index is 13.3. The van der Waals surface area contributed by atoms with Crippen LogP contribution < -0.4 is 20.9 Å². The van der Waals surface area contributed by atoms with Gasteiger partial charge in [-0.15, -0.1) is 0 Å². The zero-order chi connectivity index (χ0) is 25.1. The molecule has 0 atom stereocenters. The number of nitrogens with one attached hydrogen (secondary N) is 1. The van der Waals surface area contributed by atoms with Gasteiger partial charge in [0.15, 0.2) is 0 Å². The van der Waals surface area contributed by atoms with Crippen LogP contribution >= 0.6 is 0 Å². The van der Waals surface area contributed by atoms with Gasteiger partial charge in [0.1, 0.15) is 5.75 Å². The zero-order valence-corrected chi connectivity index (χ0v) is 20.4. The van der Waals surface area contributed by atoms with E-state index in [9.17, 15) is 4.79 Å². The fraction of sp³-hybridized carbons (Fsp3) is 0.133. The number of benzene rings is 3. The van der Waals surface area contributed by atoms with Gasteiger partial charge in [-0.05, 0) is 60.5 Å². The third-order valence-electron chi connectivity index (χ3n) is 5.79. The summed E-state index contributed by atoms with van der Waals surface area (Å²) in [6.45, 7) is 8.99. The van der Waals surface area contributed by atoms with E-state index in [1.165, 1.54) is 4.68 Å². The molecule has 0 saturated heterocycles. The molecule has 0 spiro atoms. The van der Waals surface area contributed by atoms with Crippen LogP contribution in [0.2, 0.25) is 0 Å². The lowest BCUT2D eigenvalue weighted by Gasteiger charge is -2.09. The van der Waals surface area contributed by atoms with E-state index in [0.29, 0.717) is 23.1 Å². The first kappa shape index (κ1) is 23.2. The number of rotatable bonds is 7. The Labute approximate surface area is 209 Å². The molecule has 2 heterocycles. The molecule has 0 bridgehead atoms. The van der Waals surface area contributed by atoms with Gasteiger partial charge >= 0.3 is 0 Å². The van der Waals surface area contributed by atoms with Crippen molar-refractivity contribution >= 4 is 12.7 Å². The highest BCUT2D eigenvalue weighted by Crippen LogP contribution is 2.26. The van der Waals surface area contributed by atoms with E-state index in [1.54, 1.807) is 0 Å². The molecular formula is C30H28N4O2. The maximum absolute atomic E-state index is 13.3. The monoisotopic (exact) mass is 476 g/mol. The van der Waals surface area contributed by atoms with Crippen molar-refractivity contribution in [3.05, 3.63) is 118 Å². The lowest BCUT2D eigenvalue weighted by molar-refractivity contribution is 0.271. The lowest BCUT2D eigenvalue weighted by atomic mass is 10.1. The summed E-state index contributed by atoms with van der Waals surface area (Å²) in [7, 11) is 0. The van der Waals surface area contributed by atoms with E-state index in [-0.39, 0.29) is 5.56 Å². The summed E-state index contributed by atoms with van der Waals surface area (Å²) < 4.78 is 9.18. The fourth-order valence-electron chi connectivity index (χ4n) is 3.96. The third-order valence-corrected chi connectivity index (χ3v) is 5.79. The minimum absolute atomic E-state index is 0.165. The average molecular weight is 477 g/mol. The van der Waals surface area contributed by atoms with Crippen molar-refractivity contribution in [1.29, 1.82) is 0 Å². The van der Waals surface area contributed by atoms with Crippen LogP contribution in [0.25, 0.3) is 35.3 Å². The quantitative estimate of drug-likeness (QED) is 0.381. The molecule has 5 rings (SSSR count). The molecule has 0 fully saturated rings. The second kappa shape index (κ2) is 9.96. The summed E-state index contributed by atoms with van der Waals surface area (Å²) in [6.07, 6.45) is 3.79. The van der Waals surface area contributed by atoms with Gasteiger partial charge in [0.25, 0.3) is 5.56 Å². The summed E-state index contributed by atoms with van der Waals surface area (Å²) in [6, 6.07) is 27.3. The summed E-state index contributed by atoms with van der Waals surface area (Å²) in [4.78, 5) is 13.3. The maximum Gasteiger partial charge on any atom is 0.279 e. The van der Waals surface area contributed by atoms with E-state index in [1.807, 2.05) is 102 Å². The van der Waals surface area contributed by atoms with E-state index in [4.69, 9.17) is 9.84 Å². The Morgan fingerprint density at radius 2 is 1.58 bits per heavy atom. The van der Waals surface area contributed by atoms with Crippen molar-refractivity contribution in [1.82, 2.24) is 19.6 Å². The molecule has 0 aliphatic carbocycles. The number of aromatic nitrogens is 4. The molecule has 0 aliphatic rings. The smallest absolute Gasteiger partial charge is 0.279 e. The van der Waals surface area contributed by atoms with Gasteiger partial charge in [-0.3, -0.25) is 9.89 Å². The van der Waals surface area contributed by atoms with Gasteiger partial charge in [0, 0.05) is 17.3 Å². The van der Waals surface area contributed by atoms with E-state index < -0.39 is 0 Å². The van der Waals surface area contributed by atoms with Crippen LogP contribution in [0.5, 0.6) is 5.75 Å². The lowest BCUT2D eigenvalue weighted by Crippen LogP contribution is -2.33. The summed E-state index contributed by atoms with van der Waals surface area (Å²) in [5, 5.41) is 9.01. The van der Waals surface area contributed by atoms with Crippen LogP contribution in [0, 0.1) is 5.92 Å². The predicted molar refractivity (Wildman–Crippen MR) is 144 cm³/mol. The van der Waals surface area contributed by atoms with Crippen LogP contribution in [-0.4, -0.2) is 26.2 Å². The van der Waals surface area contributed by atoms with Crippen LogP contribution in [0.3, 0.4) is 0 Å². The number of hydrogen-bond donors (Lipinski definition) is 1. The van der Waals surface area contributed by atoms with Gasteiger partial charge < -0.3 is 4.74 Å². The highest BCUT2D eigenvalue weighted by atomic mass is 16.5. The van der Waals surface area contributed by atoms with Gasteiger partial charge in [-0.25, -0.2) is 9.36 Å². The third kappa shape index (κ3) is 4.79. The molecule has 0 saturated carbocycles. The molecule has 180 valence electrons. The summed E-state index contributed by atoms with van der Waals surface area (Å²) in [5.74, 6) is 1.27. The van der Waals surface area contributed by atoms with Crippen molar-refractivity contribution in [3.8, 4) is 28.4 Å². The molecule has 5 aromatic rings. The minimum Gasteiger partial charge on any atom is -0.493 e. The van der Waals surface area contributed by atoms with Gasteiger partial charge in [0.05, 0.1) is 34.2 Å². The largest absolute Gasteiger partial charge is 0.493 e. The molecule has 2 aromatic heterocycles. The number of aromatic amines is 1. The topological polar surface area (TPSA) is 64.8 Å². The number of ether oxygens (including phenoxy) is 1. The molecule has 1 N–H and O–H groups in total. The fourth-order valence-corrected chi connectivity index (χ4v) is 3.96. The van der Waals surface area contributed by atoms with Gasteiger partial charge in [-0.1, -0.05) is 56.8 Å². The SMILES string of the molecule is C=c1[nH]n(-c2ccccc2)c(=O)/c1=C\c1cn(-c2ccccc2)nc1-c1ccc(OCC(C)C)cc1. The standard InChI is InChI=1S/C30H28N4O2/c1-21(2)20-36-27-16-14-23(15-17-27)29-24(19-33(32-29)25-10-6-4-7-11-25)18-28-22(3)31-34(30(28)35)26-12-8-5-9-13-26/h4-19,21,31H,3,20H2,1-2H3/b28-18-. The molecule has 3 aromatic carbocycles. The van der Waals surface area contributed by atoms with Crippen molar-refractivity contribution < 1.29 is 4.74 Å². The Morgan fingerprint density at radius 3 is 2.22 bits per heavy atom. The van der Waals surface area contributed by atoms with Crippen LogP contribution in [-0.2, 0) is 0 Å². The minimum atomic E-state index is -0.165. The highest BCUT2D eigenvalue weighted by Gasteiger charge is 2.13. The summed E-state index contributed by atoms with van der Waals surface area (Å²) >= 11 is 0. The van der Waals surface area contributed by atoms with Gasteiger partial charge in [0.2, 0.25) is 0 Å². The molecule has 36 heavy (non-hydrogen) atoms. The molecule has 0 aliphatic heterocycles. The predicted octanol–water partition coefficient (Wildman–Crippen LogP) is 4.29. The molecule has 6 heteroatoms. The first-order valence-electron chi connectivity index (χ1n) is 11.9. The average Bonchev–Trinajstić information content (AvgIpc) is 3.45. The zero-order valence-electron chi connectivity index (χ0n) is 20.4. The van der Waals surface area contributed by atoms with Crippen LogP contribution in [0.15, 0.2) is 95.9 Å². The molecule has 0 unspecified atom stereocenters. The Bertz CT molecular complexity index is 1630. The number of hydrogen-bond acceptors (Lipinski definition) is 3. The van der Waals surface area contributed by atoms with Gasteiger partial charge in [-0.2, -0.15) is 5.10 Å². The summed E-state index contributed by atoms with van der Waals surface area (Å²) in [5.41, 5.74) is 4.03. The normalized spacial score (nSPS) is 11.8. The van der Waals surface area contributed by atoms with Crippen molar-refractivity contribution in [2.24, 2.45) is 5.92 Å². The van der Waals surface area contributed by atoms with E-state index in [0.717, 1.165) is 33.9 Å². The Balaban J connectivity index is 1.62. The van der Waals surface area contributed by atoms with E-state index in [2.05, 4.69) is 25.5 Å². The first-order chi connectivity index (χ1) is 17.5. The second-order valence-corrected chi connectivity index (χ2v) is 9.07. The second-order valence-electron chi connectivity index (χ2n) is 9.07. The first-order valence-corrected chi connectivity index (χ1v) is 11.9. The van der Waals surface area contributed by atoms with Crippen molar-refractivity contribution in [2.45, 2.75) is 13.8 Å². The number of H-pyrrole nitrogens is 1. The van der Waals surface area contributed by atoms with Crippen molar-refractivity contribution in [3.63, 3.8) is 0 Å². The molecular weight excluding hydrogens is 448 g/mol. The number of para-hydroxylation sites is 2. The number of nitrogens with zero attached hydrogens (tertiary/aromatic N) is 3. The molecule has 0 amide bonds. The Hall–Kier alpha value is -4.58. The van der Waals surface area contributed by atoms with Crippen LogP contribution in [0.1, 0.15) is 19.4 Å².